The first kappa shape index (κ1) is 19.7. The lowest BCUT2D eigenvalue weighted by atomic mass is 9.92. The van der Waals surface area contributed by atoms with E-state index < -0.39 is 22.7 Å². The van der Waals surface area contributed by atoms with Gasteiger partial charge >= 0.3 is 6.18 Å². The van der Waals surface area contributed by atoms with Crippen LogP contribution in [-0.2, 0) is 6.18 Å². The molecule has 1 aliphatic rings. The molecule has 144 valence electrons. The molecule has 0 radical (unpaired) electrons. The predicted molar refractivity (Wildman–Crippen MR) is 98.7 cm³/mol. The number of carbonyl (C=O) groups excluding carboxylic acids is 1. The SMILES string of the molecule is O=C(NC(c1ccccc1)[C@@H]1CCCCN1)c1cccc(C(F)(F)F)c1Cl. The summed E-state index contributed by atoms with van der Waals surface area (Å²) in [6.07, 6.45) is -1.65. The van der Waals surface area contributed by atoms with E-state index in [1.807, 2.05) is 30.3 Å². The lowest BCUT2D eigenvalue weighted by Crippen LogP contribution is -2.46. The average Bonchev–Trinajstić information content (AvgIpc) is 2.66. The van der Waals surface area contributed by atoms with E-state index in [1.54, 1.807) is 0 Å². The largest absolute Gasteiger partial charge is 0.417 e. The topological polar surface area (TPSA) is 41.1 Å². The van der Waals surface area contributed by atoms with Gasteiger partial charge in [-0.1, -0.05) is 54.4 Å². The number of alkyl halides is 3. The van der Waals surface area contributed by atoms with Crippen molar-refractivity contribution in [1.82, 2.24) is 10.6 Å². The second-order valence-corrected chi connectivity index (χ2v) is 6.96. The average molecular weight is 397 g/mol. The molecule has 2 aromatic rings. The highest BCUT2D eigenvalue weighted by atomic mass is 35.5. The molecule has 1 fully saturated rings. The summed E-state index contributed by atoms with van der Waals surface area (Å²) in [5, 5.41) is 5.70. The van der Waals surface area contributed by atoms with E-state index >= 15 is 0 Å². The summed E-state index contributed by atoms with van der Waals surface area (Å²) in [5.41, 5.74) is -0.291. The third-order valence-corrected chi connectivity index (χ3v) is 5.15. The van der Waals surface area contributed by atoms with Gasteiger partial charge in [0.05, 0.1) is 22.2 Å². The van der Waals surface area contributed by atoms with E-state index in [2.05, 4.69) is 10.6 Å². The zero-order valence-electron chi connectivity index (χ0n) is 14.5. The van der Waals surface area contributed by atoms with Crippen LogP contribution in [0.5, 0.6) is 0 Å². The fraction of sp³-hybridized carbons (Fsp3) is 0.350. The normalized spacial score (nSPS) is 18.7. The molecule has 27 heavy (non-hydrogen) atoms. The minimum absolute atomic E-state index is 0.00896. The van der Waals surface area contributed by atoms with E-state index in [1.165, 1.54) is 12.1 Å². The summed E-state index contributed by atoms with van der Waals surface area (Å²) in [6.45, 7) is 0.841. The third kappa shape index (κ3) is 4.62. The standard InChI is InChI=1S/C20H20ClF3N2O/c21-17-14(9-6-10-15(17)20(22,23)24)19(27)26-18(13-7-2-1-3-8-13)16-11-4-5-12-25-16/h1-3,6-10,16,18,25H,4-5,11-12H2,(H,26,27)/t16-,18?/m0/s1. The van der Waals surface area contributed by atoms with Crippen molar-refractivity contribution in [3.05, 3.63) is 70.2 Å². The molecule has 7 heteroatoms. The van der Waals surface area contributed by atoms with Gasteiger partial charge in [-0.15, -0.1) is 0 Å². The quantitative estimate of drug-likeness (QED) is 0.765. The molecule has 1 aliphatic heterocycles. The zero-order valence-corrected chi connectivity index (χ0v) is 15.3. The highest BCUT2D eigenvalue weighted by Crippen LogP contribution is 2.36. The van der Waals surface area contributed by atoms with Crippen LogP contribution in [0.3, 0.4) is 0 Å². The van der Waals surface area contributed by atoms with Crippen LogP contribution in [0.4, 0.5) is 13.2 Å². The number of amides is 1. The van der Waals surface area contributed by atoms with Gasteiger partial charge in [0.15, 0.2) is 0 Å². The van der Waals surface area contributed by atoms with Crippen LogP contribution in [-0.4, -0.2) is 18.5 Å². The number of rotatable bonds is 4. The Hall–Kier alpha value is -2.05. The van der Waals surface area contributed by atoms with Crippen LogP contribution in [0.25, 0.3) is 0 Å². The predicted octanol–water partition coefficient (Wildman–Crippen LogP) is 4.97. The molecule has 0 aromatic heterocycles. The van der Waals surface area contributed by atoms with Gasteiger partial charge in [-0.2, -0.15) is 13.2 Å². The van der Waals surface area contributed by atoms with Gasteiger partial charge in [0, 0.05) is 6.04 Å². The molecule has 0 aliphatic carbocycles. The Labute approximate surface area is 160 Å². The number of nitrogens with one attached hydrogen (secondary N) is 2. The Kier molecular flexibility index (Phi) is 6.07. The number of halogens is 4. The van der Waals surface area contributed by atoms with Crippen LogP contribution in [0.15, 0.2) is 48.5 Å². The highest BCUT2D eigenvalue weighted by molar-refractivity contribution is 6.34. The number of hydrogen-bond acceptors (Lipinski definition) is 2. The van der Waals surface area contributed by atoms with E-state index in [4.69, 9.17) is 11.6 Å². The smallest absolute Gasteiger partial charge is 0.344 e. The van der Waals surface area contributed by atoms with E-state index in [9.17, 15) is 18.0 Å². The summed E-state index contributed by atoms with van der Waals surface area (Å²) >= 11 is 5.91. The van der Waals surface area contributed by atoms with Gasteiger partial charge in [-0.3, -0.25) is 4.79 Å². The summed E-state index contributed by atoms with van der Waals surface area (Å²) in [5.74, 6) is -0.618. The molecule has 1 amide bonds. The van der Waals surface area contributed by atoms with Crippen LogP contribution in [0.1, 0.15) is 46.8 Å². The van der Waals surface area contributed by atoms with Gasteiger partial charge in [-0.25, -0.2) is 0 Å². The fourth-order valence-electron chi connectivity index (χ4n) is 3.39. The molecule has 0 saturated carbocycles. The van der Waals surface area contributed by atoms with E-state index in [-0.39, 0.29) is 17.6 Å². The molecular weight excluding hydrogens is 377 g/mol. The monoisotopic (exact) mass is 396 g/mol. The summed E-state index contributed by atoms with van der Waals surface area (Å²) in [6, 6.07) is 12.4. The van der Waals surface area contributed by atoms with Crippen LogP contribution in [0, 0.1) is 0 Å². The lowest BCUT2D eigenvalue weighted by molar-refractivity contribution is -0.137. The number of benzene rings is 2. The minimum Gasteiger partial charge on any atom is -0.344 e. The van der Waals surface area contributed by atoms with E-state index in [0.29, 0.717) is 0 Å². The third-order valence-electron chi connectivity index (χ3n) is 4.74. The summed E-state index contributed by atoms with van der Waals surface area (Å²) in [4.78, 5) is 12.8. The second kappa shape index (κ2) is 8.31. The molecular formula is C20H20ClF3N2O. The Morgan fingerprint density at radius 3 is 2.48 bits per heavy atom. The number of carbonyl (C=O) groups is 1. The van der Waals surface area contributed by atoms with Gasteiger partial charge < -0.3 is 10.6 Å². The maximum Gasteiger partial charge on any atom is 0.417 e. The van der Waals surface area contributed by atoms with Crippen molar-refractivity contribution in [2.24, 2.45) is 0 Å². The Morgan fingerprint density at radius 2 is 1.85 bits per heavy atom. The maximum absolute atomic E-state index is 13.1. The van der Waals surface area contributed by atoms with Crippen LogP contribution < -0.4 is 10.6 Å². The first-order valence-electron chi connectivity index (χ1n) is 8.83. The van der Waals surface area contributed by atoms with Crippen molar-refractivity contribution in [1.29, 1.82) is 0 Å². The molecule has 0 spiro atoms. The van der Waals surface area contributed by atoms with Crippen molar-refractivity contribution in [2.75, 3.05) is 6.54 Å². The molecule has 2 atom stereocenters. The van der Waals surface area contributed by atoms with Gasteiger partial charge in [0.2, 0.25) is 0 Å². The molecule has 3 rings (SSSR count). The van der Waals surface area contributed by atoms with Gasteiger partial charge in [0.1, 0.15) is 0 Å². The second-order valence-electron chi connectivity index (χ2n) is 6.58. The first-order valence-corrected chi connectivity index (χ1v) is 9.20. The Morgan fingerprint density at radius 1 is 1.11 bits per heavy atom. The summed E-state index contributed by atoms with van der Waals surface area (Å²) < 4.78 is 39.3. The molecule has 2 N–H and O–H groups in total. The molecule has 3 nitrogen and oxygen atoms in total. The van der Waals surface area contributed by atoms with Crippen molar-refractivity contribution < 1.29 is 18.0 Å². The molecule has 2 aromatic carbocycles. The van der Waals surface area contributed by atoms with Crippen LogP contribution in [0.2, 0.25) is 5.02 Å². The summed E-state index contributed by atoms with van der Waals surface area (Å²) in [7, 11) is 0. The van der Waals surface area contributed by atoms with Crippen LogP contribution >= 0.6 is 11.6 Å². The maximum atomic E-state index is 13.1. The zero-order chi connectivity index (χ0) is 19.4. The lowest BCUT2D eigenvalue weighted by Gasteiger charge is -2.32. The van der Waals surface area contributed by atoms with Crippen molar-refractivity contribution in [3.63, 3.8) is 0 Å². The molecule has 1 heterocycles. The highest BCUT2D eigenvalue weighted by Gasteiger charge is 2.35. The first-order chi connectivity index (χ1) is 12.9. The van der Waals surface area contributed by atoms with E-state index in [0.717, 1.165) is 37.4 Å². The van der Waals surface area contributed by atoms with Crippen molar-refractivity contribution >= 4 is 17.5 Å². The fourth-order valence-corrected chi connectivity index (χ4v) is 3.70. The van der Waals surface area contributed by atoms with Crippen molar-refractivity contribution in [3.8, 4) is 0 Å². The van der Waals surface area contributed by atoms with Gasteiger partial charge in [-0.05, 0) is 37.1 Å². The molecule has 1 saturated heterocycles. The number of piperidine rings is 1. The molecule has 0 bridgehead atoms. The molecule has 1 unspecified atom stereocenters. The Balaban J connectivity index is 1.89. The Bertz CT molecular complexity index is 790. The number of hydrogen-bond donors (Lipinski definition) is 2. The van der Waals surface area contributed by atoms with Gasteiger partial charge in [0.25, 0.3) is 5.91 Å². The minimum atomic E-state index is -4.61. The van der Waals surface area contributed by atoms with Crippen molar-refractivity contribution in [2.45, 2.75) is 37.5 Å².